The molecule has 17 heavy (non-hydrogen) atoms. The molecule has 1 aromatic carbocycles. The van der Waals surface area contributed by atoms with E-state index in [-0.39, 0.29) is 11.2 Å². The van der Waals surface area contributed by atoms with Gasteiger partial charge in [-0.05, 0) is 30.7 Å². The molecule has 0 radical (unpaired) electrons. The minimum Gasteiger partial charge on any atom is -0.294 e. The number of aryl methyl sites for hydroxylation is 2. The highest BCUT2D eigenvalue weighted by Gasteiger charge is 2.23. The molecule has 0 aliphatic carbocycles. The van der Waals surface area contributed by atoms with Crippen LogP contribution in [-0.4, -0.2) is 5.78 Å². The van der Waals surface area contributed by atoms with Crippen molar-refractivity contribution in [2.45, 2.75) is 48.0 Å². The zero-order chi connectivity index (χ0) is 13.2. The predicted octanol–water partition coefficient (Wildman–Crippen LogP) is 4.56. The highest BCUT2D eigenvalue weighted by molar-refractivity contribution is 5.97. The fourth-order valence-corrected chi connectivity index (χ4v) is 1.82. The topological polar surface area (TPSA) is 17.1 Å². The molecule has 1 unspecified atom stereocenters. The van der Waals surface area contributed by atoms with Gasteiger partial charge in [-0.2, -0.15) is 0 Å². The molecule has 0 fully saturated rings. The Balaban J connectivity index is 2.84. The van der Waals surface area contributed by atoms with E-state index >= 15 is 0 Å². The van der Waals surface area contributed by atoms with Crippen LogP contribution in [0.4, 0.5) is 0 Å². The zero-order valence-corrected chi connectivity index (χ0v) is 11.9. The molecule has 0 aliphatic rings. The Kier molecular flexibility index (Phi) is 4.13. The Labute approximate surface area is 105 Å². The van der Waals surface area contributed by atoms with Gasteiger partial charge in [-0.25, -0.2) is 0 Å². The molecule has 0 saturated carbocycles. The zero-order valence-electron chi connectivity index (χ0n) is 11.9. The number of Topliss-reactive ketones (excluding diaryl/α,β-unsaturated/α-hetero) is 1. The maximum Gasteiger partial charge on any atom is 0.163 e. The maximum atomic E-state index is 12.2. The van der Waals surface area contributed by atoms with E-state index in [9.17, 15) is 4.79 Å². The lowest BCUT2D eigenvalue weighted by Gasteiger charge is -2.26. The van der Waals surface area contributed by atoms with E-state index in [0.29, 0.717) is 12.3 Å². The first kappa shape index (κ1) is 14.0. The Morgan fingerprint density at radius 3 is 2.29 bits per heavy atom. The smallest absolute Gasteiger partial charge is 0.163 e. The van der Waals surface area contributed by atoms with Crippen LogP contribution in [0.25, 0.3) is 0 Å². The average molecular weight is 232 g/mol. The van der Waals surface area contributed by atoms with Crippen molar-refractivity contribution in [2.24, 2.45) is 11.3 Å². The summed E-state index contributed by atoms with van der Waals surface area (Å²) in [5, 5.41) is 0. The second kappa shape index (κ2) is 5.03. The first-order chi connectivity index (χ1) is 7.71. The molecule has 94 valence electrons. The van der Waals surface area contributed by atoms with Crippen LogP contribution in [0.2, 0.25) is 0 Å². The third-order valence-electron chi connectivity index (χ3n) is 3.65. The lowest BCUT2D eigenvalue weighted by Crippen LogP contribution is -2.21. The summed E-state index contributed by atoms with van der Waals surface area (Å²) in [6.07, 6.45) is 0.632. The number of hydrogen-bond acceptors (Lipinski definition) is 1. The molecule has 0 heterocycles. The van der Waals surface area contributed by atoms with Gasteiger partial charge in [0, 0.05) is 12.0 Å². The summed E-state index contributed by atoms with van der Waals surface area (Å²) >= 11 is 0. The van der Waals surface area contributed by atoms with Crippen LogP contribution >= 0.6 is 0 Å². The lowest BCUT2D eigenvalue weighted by atomic mass is 9.78. The van der Waals surface area contributed by atoms with Gasteiger partial charge in [-0.15, -0.1) is 0 Å². The van der Waals surface area contributed by atoms with Gasteiger partial charge in [0.2, 0.25) is 0 Å². The van der Waals surface area contributed by atoms with Crippen LogP contribution in [0.1, 0.15) is 55.6 Å². The molecule has 1 nitrogen and oxygen atoms in total. The molecular weight excluding hydrogens is 208 g/mol. The van der Waals surface area contributed by atoms with Gasteiger partial charge in [0.1, 0.15) is 0 Å². The minimum atomic E-state index is 0.189. The normalized spacial score (nSPS) is 13.5. The number of rotatable bonds is 3. The van der Waals surface area contributed by atoms with Crippen LogP contribution in [0.5, 0.6) is 0 Å². The van der Waals surface area contributed by atoms with Crippen molar-refractivity contribution >= 4 is 5.78 Å². The first-order valence-corrected chi connectivity index (χ1v) is 6.32. The largest absolute Gasteiger partial charge is 0.294 e. The van der Waals surface area contributed by atoms with Crippen molar-refractivity contribution in [3.8, 4) is 0 Å². The first-order valence-electron chi connectivity index (χ1n) is 6.32. The second-order valence-electron chi connectivity index (χ2n) is 6.21. The summed E-state index contributed by atoms with van der Waals surface area (Å²) in [7, 11) is 0. The molecule has 1 rings (SSSR count). The molecule has 0 aromatic heterocycles. The Morgan fingerprint density at radius 2 is 1.82 bits per heavy atom. The maximum absolute atomic E-state index is 12.2. The Morgan fingerprint density at radius 1 is 1.24 bits per heavy atom. The molecule has 0 spiro atoms. The molecule has 0 saturated heterocycles. The quantitative estimate of drug-likeness (QED) is 0.698. The van der Waals surface area contributed by atoms with Crippen LogP contribution < -0.4 is 0 Å². The number of benzene rings is 1. The van der Waals surface area contributed by atoms with Gasteiger partial charge in [-0.3, -0.25) is 4.79 Å². The van der Waals surface area contributed by atoms with E-state index < -0.39 is 0 Å². The molecular formula is C16H24O. The van der Waals surface area contributed by atoms with Crippen LogP contribution in [0, 0.1) is 25.2 Å². The van der Waals surface area contributed by atoms with Gasteiger partial charge in [0.15, 0.2) is 5.78 Å². The van der Waals surface area contributed by atoms with Crippen molar-refractivity contribution < 1.29 is 4.79 Å². The standard InChI is InChI=1S/C16H24O/c1-11-7-8-14(12(2)9-11)15(17)10-13(3)16(4,5)6/h7-9,13H,10H2,1-6H3. The van der Waals surface area contributed by atoms with Gasteiger partial charge in [-0.1, -0.05) is 51.5 Å². The Hall–Kier alpha value is -1.11. The van der Waals surface area contributed by atoms with Gasteiger partial charge < -0.3 is 0 Å². The summed E-state index contributed by atoms with van der Waals surface area (Å²) < 4.78 is 0. The monoisotopic (exact) mass is 232 g/mol. The van der Waals surface area contributed by atoms with E-state index in [0.717, 1.165) is 11.1 Å². The number of hydrogen-bond donors (Lipinski definition) is 0. The minimum absolute atomic E-state index is 0.189. The molecule has 0 amide bonds. The van der Waals surface area contributed by atoms with Gasteiger partial charge >= 0.3 is 0 Å². The fraction of sp³-hybridized carbons (Fsp3) is 0.562. The third-order valence-corrected chi connectivity index (χ3v) is 3.65. The number of ketones is 1. The van der Waals surface area contributed by atoms with Crippen molar-refractivity contribution in [3.05, 3.63) is 34.9 Å². The van der Waals surface area contributed by atoms with E-state index in [2.05, 4.69) is 40.7 Å². The molecule has 1 atom stereocenters. The second-order valence-corrected chi connectivity index (χ2v) is 6.21. The van der Waals surface area contributed by atoms with E-state index in [1.807, 2.05) is 19.1 Å². The molecule has 0 N–H and O–H groups in total. The summed E-state index contributed by atoms with van der Waals surface area (Å²) in [5.74, 6) is 0.667. The van der Waals surface area contributed by atoms with Crippen LogP contribution in [-0.2, 0) is 0 Å². The summed E-state index contributed by atoms with van der Waals surface area (Å²) in [5.41, 5.74) is 3.37. The van der Waals surface area contributed by atoms with Gasteiger partial charge in [0.25, 0.3) is 0 Å². The highest BCUT2D eigenvalue weighted by atomic mass is 16.1. The summed E-state index contributed by atoms with van der Waals surface area (Å²) in [6, 6.07) is 6.05. The van der Waals surface area contributed by atoms with Crippen molar-refractivity contribution in [2.75, 3.05) is 0 Å². The molecule has 0 bridgehead atoms. The molecule has 1 heteroatoms. The van der Waals surface area contributed by atoms with Gasteiger partial charge in [0.05, 0.1) is 0 Å². The third kappa shape index (κ3) is 3.69. The average Bonchev–Trinajstić information content (AvgIpc) is 2.15. The molecule has 0 aliphatic heterocycles. The fourth-order valence-electron chi connectivity index (χ4n) is 1.82. The van der Waals surface area contributed by atoms with Crippen LogP contribution in [0.3, 0.4) is 0 Å². The highest BCUT2D eigenvalue weighted by Crippen LogP contribution is 2.29. The number of carbonyl (C=O) groups excluding carboxylic acids is 1. The summed E-state index contributed by atoms with van der Waals surface area (Å²) in [4.78, 5) is 12.2. The lowest BCUT2D eigenvalue weighted by molar-refractivity contribution is 0.0926. The van der Waals surface area contributed by atoms with Crippen molar-refractivity contribution in [1.82, 2.24) is 0 Å². The van der Waals surface area contributed by atoms with Crippen LogP contribution in [0.15, 0.2) is 18.2 Å². The van der Waals surface area contributed by atoms with E-state index in [1.54, 1.807) is 0 Å². The van der Waals surface area contributed by atoms with E-state index in [4.69, 9.17) is 0 Å². The van der Waals surface area contributed by atoms with Crippen molar-refractivity contribution in [3.63, 3.8) is 0 Å². The van der Waals surface area contributed by atoms with Crippen molar-refractivity contribution in [1.29, 1.82) is 0 Å². The predicted molar refractivity (Wildman–Crippen MR) is 73.5 cm³/mol. The summed E-state index contributed by atoms with van der Waals surface area (Å²) in [6.45, 7) is 12.8. The van der Waals surface area contributed by atoms with E-state index in [1.165, 1.54) is 5.56 Å². The Bertz CT molecular complexity index is 410. The number of carbonyl (C=O) groups is 1. The molecule has 1 aromatic rings. The SMILES string of the molecule is Cc1ccc(C(=O)CC(C)C(C)(C)C)c(C)c1.